The minimum Gasteiger partial charge on any atom is -0.192 e. The SMILES string of the molecule is [2H]C(=C(C#N)C#N)c1ccc(-c2cc3c(s2)-c2sc(-c4ccc(C([2H])=C(C#N)C#N)s4)cc2C3(C([2H])([2H])[2H])C([2H])([2H])[2H])s1. The van der Waals surface area contributed by atoms with Crippen LogP contribution in [-0.2, 0) is 5.41 Å². The molecule has 0 radical (unpaired) electrons. The van der Waals surface area contributed by atoms with E-state index in [-0.39, 0.29) is 34.4 Å². The van der Waals surface area contributed by atoms with Crippen LogP contribution in [0.2, 0.25) is 0 Å². The Labute approximate surface area is 230 Å². The van der Waals surface area contributed by atoms with E-state index in [2.05, 4.69) is 0 Å². The molecule has 5 rings (SSSR count). The van der Waals surface area contributed by atoms with Gasteiger partial charge in [-0.1, -0.05) is 13.7 Å². The van der Waals surface area contributed by atoms with Crippen molar-refractivity contribution in [2.24, 2.45) is 0 Å². The Morgan fingerprint density at radius 2 is 1.14 bits per heavy atom. The van der Waals surface area contributed by atoms with Crippen molar-refractivity contribution in [2.45, 2.75) is 19.1 Å². The van der Waals surface area contributed by atoms with Crippen LogP contribution in [-0.4, -0.2) is 0 Å². The molecule has 0 saturated heterocycles. The number of hydrogen-bond donors (Lipinski definition) is 0. The van der Waals surface area contributed by atoms with Crippen LogP contribution in [0, 0.1) is 45.3 Å². The number of nitriles is 4. The molecule has 0 aromatic carbocycles. The lowest BCUT2D eigenvalue weighted by Crippen LogP contribution is -2.13. The van der Waals surface area contributed by atoms with Crippen molar-refractivity contribution >= 4 is 57.5 Å². The summed E-state index contributed by atoms with van der Waals surface area (Å²) in [6, 6.07) is 16.0. The fraction of sp³-hybridized carbons (Fsp3) is 0.111. The third kappa shape index (κ3) is 3.94. The third-order valence-corrected chi connectivity index (χ3v) is 9.95. The summed E-state index contributed by atoms with van der Waals surface area (Å²) >= 11 is 4.74. The maximum absolute atomic E-state index is 9.14. The topological polar surface area (TPSA) is 95.2 Å². The molecule has 4 nitrogen and oxygen atoms in total. The Hall–Kier alpha value is -3.76. The number of nitrogens with zero attached hydrogens (tertiary/aromatic N) is 4. The quantitative estimate of drug-likeness (QED) is 0.247. The lowest BCUT2D eigenvalue weighted by Gasteiger charge is -2.19. The van der Waals surface area contributed by atoms with Crippen LogP contribution in [0.5, 0.6) is 0 Å². The van der Waals surface area contributed by atoms with E-state index in [0.717, 1.165) is 22.7 Å². The highest BCUT2D eigenvalue weighted by Gasteiger charge is 2.39. The molecule has 0 amide bonds. The van der Waals surface area contributed by atoms with E-state index in [4.69, 9.17) is 32.0 Å². The minimum atomic E-state index is -2.96. The van der Waals surface area contributed by atoms with Crippen molar-refractivity contribution in [1.82, 2.24) is 0 Å². The molecule has 4 aromatic rings. The van der Waals surface area contributed by atoms with Gasteiger partial charge in [-0.2, -0.15) is 21.0 Å². The molecule has 0 spiro atoms. The van der Waals surface area contributed by atoms with Crippen LogP contribution in [0.1, 0.15) is 45.6 Å². The Bertz CT molecular complexity index is 1860. The van der Waals surface area contributed by atoms with Crippen molar-refractivity contribution in [2.75, 3.05) is 0 Å². The van der Waals surface area contributed by atoms with E-state index >= 15 is 0 Å². The first kappa shape index (κ1) is 15.3. The van der Waals surface area contributed by atoms with Crippen molar-refractivity contribution in [3.63, 3.8) is 0 Å². The molecule has 0 aliphatic heterocycles. The predicted octanol–water partition coefficient (Wildman–Crippen LogP) is 8.43. The van der Waals surface area contributed by atoms with Gasteiger partial charge in [0.15, 0.2) is 0 Å². The van der Waals surface area contributed by atoms with Gasteiger partial charge in [0.1, 0.15) is 35.4 Å². The summed E-state index contributed by atoms with van der Waals surface area (Å²) < 4.78 is 67.5. The second-order valence-electron chi connectivity index (χ2n) is 7.23. The standard InChI is InChI=1S/C27H14N4S4/c1-27(2)19-9-23(21-5-3-17(32-21)7-15(11-28)12-29)34-25(19)26-20(27)10-24(35-26)22-6-4-18(33-22)8-16(13-30)14-31/h3-10H,1-2H3/i1D3,2D3,7D,8D. The Balaban J connectivity index is 1.70. The Morgan fingerprint density at radius 1 is 0.714 bits per heavy atom. The van der Waals surface area contributed by atoms with Crippen molar-refractivity contribution in [1.29, 1.82) is 21.0 Å². The molecule has 0 atom stereocenters. The van der Waals surface area contributed by atoms with Crippen LogP contribution in [0.25, 0.3) is 41.4 Å². The molecule has 4 aromatic heterocycles. The van der Waals surface area contributed by atoms with Gasteiger partial charge in [-0.25, -0.2) is 0 Å². The lowest BCUT2D eigenvalue weighted by atomic mass is 9.84. The van der Waals surface area contributed by atoms with Crippen molar-refractivity contribution < 1.29 is 11.0 Å². The fourth-order valence-electron chi connectivity index (χ4n) is 3.55. The second-order valence-corrected chi connectivity index (χ2v) is 11.5. The number of thiophene rings is 4. The third-order valence-electron chi connectivity index (χ3n) is 5.12. The zero-order chi connectivity index (χ0) is 31.5. The smallest absolute Gasteiger partial charge is 0.131 e. The fourth-order valence-corrected chi connectivity index (χ4v) is 8.12. The second kappa shape index (κ2) is 8.79. The highest BCUT2D eigenvalue weighted by molar-refractivity contribution is 7.29. The summed E-state index contributed by atoms with van der Waals surface area (Å²) in [5, 5.41) is 36.6. The van der Waals surface area contributed by atoms with Crippen LogP contribution in [0.3, 0.4) is 0 Å². The van der Waals surface area contributed by atoms with Crippen LogP contribution in [0.15, 0.2) is 47.5 Å². The molecule has 8 heteroatoms. The van der Waals surface area contributed by atoms with E-state index < -0.39 is 19.1 Å². The normalized spacial score (nSPS) is 16.5. The molecule has 4 heterocycles. The Kier molecular flexibility index (Phi) is 3.84. The molecule has 0 unspecified atom stereocenters. The highest BCUT2D eigenvalue weighted by atomic mass is 32.1. The van der Waals surface area contributed by atoms with Crippen molar-refractivity contribution in [3.05, 3.63) is 68.4 Å². The van der Waals surface area contributed by atoms with Crippen LogP contribution < -0.4 is 0 Å². The van der Waals surface area contributed by atoms with Gasteiger partial charge < -0.3 is 0 Å². The largest absolute Gasteiger partial charge is 0.192 e. The zero-order valence-electron chi connectivity index (χ0n) is 25.4. The van der Waals surface area contributed by atoms with Gasteiger partial charge in [0.2, 0.25) is 0 Å². The van der Waals surface area contributed by atoms with Gasteiger partial charge in [-0.15, -0.1) is 45.3 Å². The van der Waals surface area contributed by atoms with Crippen LogP contribution in [0.4, 0.5) is 0 Å². The summed E-state index contributed by atoms with van der Waals surface area (Å²) in [4.78, 5) is 4.18. The first-order valence-electron chi connectivity index (χ1n) is 13.8. The summed E-state index contributed by atoms with van der Waals surface area (Å²) in [5.74, 6) is 0. The van der Waals surface area contributed by atoms with Gasteiger partial charge in [-0.3, -0.25) is 0 Å². The van der Waals surface area contributed by atoms with E-state index in [0.29, 0.717) is 39.0 Å². The first-order chi connectivity index (χ1) is 20.2. The molecule has 0 fully saturated rings. The summed E-state index contributed by atoms with van der Waals surface area (Å²) in [6.07, 6.45) is 0. The van der Waals surface area contributed by atoms with Crippen molar-refractivity contribution in [3.8, 4) is 53.5 Å². The number of rotatable bonds is 4. The van der Waals surface area contributed by atoms with Gasteiger partial charge in [0, 0.05) is 52.7 Å². The maximum Gasteiger partial charge on any atom is 0.131 e. The van der Waals surface area contributed by atoms with E-state index in [9.17, 15) is 0 Å². The monoisotopic (exact) mass is 530 g/mol. The Morgan fingerprint density at radius 3 is 1.51 bits per heavy atom. The molecular weight excluding hydrogens is 509 g/mol. The predicted molar refractivity (Wildman–Crippen MR) is 145 cm³/mol. The molecule has 1 aliphatic carbocycles. The molecule has 1 aliphatic rings. The van der Waals surface area contributed by atoms with E-state index in [1.165, 1.54) is 22.7 Å². The van der Waals surface area contributed by atoms with Gasteiger partial charge in [0.05, 0.1) is 2.74 Å². The van der Waals surface area contributed by atoms with Gasteiger partial charge in [0.25, 0.3) is 0 Å². The highest BCUT2D eigenvalue weighted by Crippen LogP contribution is 2.58. The molecule has 166 valence electrons. The molecule has 0 saturated carbocycles. The average Bonchev–Trinajstić information content (AvgIpc) is 3.74. The summed E-state index contributed by atoms with van der Waals surface area (Å²) in [5.41, 5.74) is -2.67. The molecule has 0 N–H and O–H groups in total. The number of hydrogen-bond acceptors (Lipinski definition) is 8. The number of allylic oxidation sites excluding steroid dienone is 2. The zero-order valence-corrected chi connectivity index (χ0v) is 20.7. The molecule has 0 bridgehead atoms. The summed E-state index contributed by atoms with van der Waals surface area (Å²) in [6.45, 7) is -5.93. The molecule has 35 heavy (non-hydrogen) atoms. The maximum atomic E-state index is 9.14. The first-order valence-corrected chi connectivity index (χ1v) is 13.0. The minimum absolute atomic E-state index is 0.169. The van der Waals surface area contributed by atoms with Gasteiger partial charge in [-0.05, 0) is 59.6 Å². The van der Waals surface area contributed by atoms with E-state index in [1.54, 1.807) is 60.7 Å². The number of fused-ring (bicyclic) bond motifs is 3. The van der Waals surface area contributed by atoms with E-state index in [1.807, 2.05) is 0 Å². The lowest BCUT2D eigenvalue weighted by molar-refractivity contribution is 0.663. The van der Waals surface area contributed by atoms with Gasteiger partial charge >= 0.3 is 0 Å². The molecular formula is C27H14N4S4. The summed E-state index contributed by atoms with van der Waals surface area (Å²) in [7, 11) is 0. The van der Waals surface area contributed by atoms with Crippen LogP contribution >= 0.6 is 45.3 Å². The average molecular weight is 531 g/mol.